The Bertz CT molecular complexity index is 1080. The number of anilines is 2. The van der Waals surface area contributed by atoms with Crippen LogP contribution in [0.5, 0.6) is 0 Å². The highest BCUT2D eigenvalue weighted by atomic mass is 32.2. The van der Waals surface area contributed by atoms with Crippen LogP contribution in [0, 0.1) is 0 Å². The molecule has 154 valence electrons. The fraction of sp³-hybridized carbons (Fsp3) is 0.269. The Kier molecular flexibility index (Phi) is 5.61. The summed E-state index contributed by atoms with van der Waals surface area (Å²) >= 11 is 1.80. The molecular formula is C26H27NO2S. The Balaban J connectivity index is 1.53. The fourth-order valence-electron chi connectivity index (χ4n) is 3.64. The third-order valence-electron chi connectivity index (χ3n) is 5.10. The van der Waals surface area contributed by atoms with Crippen molar-refractivity contribution < 1.29 is 9.53 Å². The van der Waals surface area contributed by atoms with Crippen molar-refractivity contribution in [2.45, 2.75) is 55.4 Å². The summed E-state index contributed by atoms with van der Waals surface area (Å²) in [6.07, 6.45) is 0.289. The molecule has 0 radical (unpaired) electrons. The highest BCUT2D eigenvalue weighted by molar-refractivity contribution is 7.99. The van der Waals surface area contributed by atoms with E-state index in [9.17, 15) is 4.79 Å². The summed E-state index contributed by atoms with van der Waals surface area (Å²) in [6, 6.07) is 23.3. The van der Waals surface area contributed by atoms with E-state index in [-0.39, 0.29) is 18.3 Å². The first-order valence-corrected chi connectivity index (χ1v) is 11.1. The topological polar surface area (TPSA) is 38.3 Å². The molecule has 3 aromatic rings. The second-order valence-electron chi connectivity index (χ2n) is 8.71. The van der Waals surface area contributed by atoms with Crippen LogP contribution in [0.2, 0.25) is 0 Å². The molecule has 0 saturated carbocycles. The normalized spacial score (nSPS) is 13.6. The van der Waals surface area contributed by atoms with Gasteiger partial charge in [0, 0.05) is 15.7 Å². The van der Waals surface area contributed by atoms with Gasteiger partial charge in [0.1, 0.15) is 5.60 Å². The predicted octanol–water partition coefficient (Wildman–Crippen LogP) is 6.93. The Hall–Kier alpha value is -2.72. The van der Waals surface area contributed by atoms with E-state index in [0.29, 0.717) is 0 Å². The van der Waals surface area contributed by atoms with Crippen molar-refractivity contribution in [2.24, 2.45) is 0 Å². The standard InChI is InChI=1S/C26H27NO2S/c1-17(19-9-7-8-18(14-19)15-25(28)29-26(2,3)4)20-12-13-24-22(16-20)27-21-10-5-6-11-23(21)30-24/h5-14,16-17,27H,15H2,1-4H3. The summed E-state index contributed by atoms with van der Waals surface area (Å²) in [5.41, 5.74) is 5.26. The van der Waals surface area contributed by atoms with E-state index in [2.05, 4.69) is 66.8 Å². The number of nitrogens with one attached hydrogen (secondary N) is 1. The van der Waals surface area contributed by atoms with Crippen LogP contribution in [0.25, 0.3) is 0 Å². The third-order valence-corrected chi connectivity index (χ3v) is 6.25. The van der Waals surface area contributed by atoms with E-state index in [1.54, 1.807) is 11.8 Å². The van der Waals surface area contributed by atoms with Crippen LogP contribution < -0.4 is 5.32 Å². The van der Waals surface area contributed by atoms with Gasteiger partial charge in [-0.05, 0) is 61.7 Å². The summed E-state index contributed by atoms with van der Waals surface area (Å²) in [5.74, 6) is 0.0267. The summed E-state index contributed by atoms with van der Waals surface area (Å²) in [5, 5.41) is 3.56. The number of hydrogen-bond acceptors (Lipinski definition) is 4. The second kappa shape index (κ2) is 8.19. The quantitative estimate of drug-likeness (QED) is 0.365. The minimum Gasteiger partial charge on any atom is -0.460 e. The monoisotopic (exact) mass is 417 g/mol. The van der Waals surface area contributed by atoms with Gasteiger partial charge in [-0.25, -0.2) is 0 Å². The average molecular weight is 418 g/mol. The van der Waals surface area contributed by atoms with Crippen LogP contribution in [-0.4, -0.2) is 11.6 Å². The van der Waals surface area contributed by atoms with Gasteiger partial charge in [-0.1, -0.05) is 61.2 Å². The molecule has 0 fully saturated rings. The zero-order valence-corrected chi connectivity index (χ0v) is 18.7. The SMILES string of the molecule is CC(c1cccc(CC(=O)OC(C)(C)C)c1)c1ccc2c(c1)Nc1ccccc1S2. The van der Waals surface area contributed by atoms with Crippen LogP contribution in [0.3, 0.4) is 0 Å². The molecule has 0 aromatic heterocycles. The van der Waals surface area contributed by atoms with Gasteiger partial charge in [-0.15, -0.1) is 0 Å². The molecule has 0 saturated heterocycles. The Morgan fingerprint density at radius 2 is 1.67 bits per heavy atom. The Labute approximate surface area is 182 Å². The van der Waals surface area contributed by atoms with Gasteiger partial charge < -0.3 is 10.1 Å². The van der Waals surface area contributed by atoms with Gasteiger partial charge in [0.05, 0.1) is 17.8 Å². The Morgan fingerprint density at radius 3 is 2.47 bits per heavy atom. The van der Waals surface area contributed by atoms with E-state index in [1.807, 2.05) is 32.9 Å². The molecule has 1 N–H and O–H groups in total. The summed E-state index contributed by atoms with van der Waals surface area (Å²) < 4.78 is 5.47. The number of ether oxygens (including phenoxy) is 1. The van der Waals surface area contributed by atoms with Crippen molar-refractivity contribution in [1.29, 1.82) is 0 Å². The number of esters is 1. The first kappa shape index (κ1) is 20.5. The molecule has 0 bridgehead atoms. The van der Waals surface area contributed by atoms with Gasteiger partial charge >= 0.3 is 5.97 Å². The van der Waals surface area contributed by atoms with Crippen LogP contribution in [0.4, 0.5) is 11.4 Å². The van der Waals surface area contributed by atoms with E-state index < -0.39 is 5.60 Å². The zero-order chi connectivity index (χ0) is 21.3. The molecule has 1 aliphatic rings. The minimum absolute atomic E-state index is 0.194. The maximum atomic E-state index is 12.2. The number of hydrogen-bond donors (Lipinski definition) is 1. The van der Waals surface area contributed by atoms with E-state index in [1.165, 1.54) is 20.9 Å². The fourth-order valence-corrected chi connectivity index (χ4v) is 4.60. The van der Waals surface area contributed by atoms with Crippen molar-refractivity contribution in [3.05, 3.63) is 83.4 Å². The molecule has 0 amide bonds. The highest BCUT2D eigenvalue weighted by Crippen LogP contribution is 2.45. The molecule has 4 heteroatoms. The van der Waals surface area contributed by atoms with Crippen molar-refractivity contribution in [2.75, 3.05) is 5.32 Å². The molecule has 4 rings (SSSR count). The highest BCUT2D eigenvalue weighted by Gasteiger charge is 2.19. The summed E-state index contributed by atoms with van der Waals surface area (Å²) in [7, 11) is 0. The zero-order valence-electron chi connectivity index (χ0n) is 17.9. The lowest BCUT2D eigenvalue weighted by atomic mass is 9.91. The molecule has 1 heterocycles. The molecular weight excluding hydrogens is 390 g/mol. The third kappa shape index (κ3) is 4.71. The maximum absolute atomic E-state index is 12.2. The largest absolute Gasteiger partial charge is 0.460 e. The first-order chi connectivity index (χ1) is 14.3. The first-order valence-electron chi connectivity index (χ1n) is 10.3. The number of benzene rings is 3. The lowest BCUT2D eigenvalue weighted by Gasteiger charge is -2.23. The lowest BCUT2D eigenvalue weighted by Crippen LogP contribution is -2.24. The lowest BCUT2D eigenvalue weighted by molar-refractivity contribution is -0.153. The molecule has 0 spiro atoms. The van der Waals surface area contributed by atoms with Crippen LogP contribution in [0.1, 0.15) is 50.3 Å². The smallest absolute Gasteiger partial charge is 0.310 e. The van der Waals surface area contributed by atoms with E-state index in [0.717, 1.165) is 16.9 Å². The van der Waals surface area contributed by atoms with E-state index in [4.69, 9.17) is 4.74 Å². The van der Waals surface area contributed by atoms with Crippen molar-refractivity contribution in [3.8, 4) is 0 Å². The molecule has 3 nitrogen and oxygen atoms in total. The number of carbonyl (C=O) groups is 1. The summed E-state index contributed by atoms with van der Waals surface area (Å²) in [4.78, 5) is 14.7. The van der Waals surface area contributed by atoms with Crippen molar-refractivity contribution in [1.82, 2.24) is 0 Å². The average Bonchev–Trinajstić information content (AvgIpc) is 2.70. The van der Waals surface area contributed by atoms with Gasteiger partial charge in [0.2, 0.25) is 0 Å². The van der Waals surface area contributed by atoms with Crippen LogP contribution in [-0.2, 0) is 16.0 Å². The number of fused-ring (bicyclic) bond motifs is 2. The van der Waals surface area contributed by atoms with Gasteiger partial charge in [0.15, 0.2) is 0 Å². The molecule has 0 aliphatic carbocycles. The molecule has 1 atom stereocenters. The van der Waals surface area contributed by atoms with Gasteiger partial charge in [-0.3, -0.25) is 4.79 Å². The van der Waals surface area contributed by atoms with Gasteiger partial charge in [0.25, 0.3) is 0 Å². The van der Waals surface area contributed by atoms with Crippen molar-refractivity contribution in [3.63, 3.8) is 0 Å². The number of para-hydroxylation sites is 1. The number of carbonyl (C=O) groups excluding carboxylic acids is 1. The van der Waals surface area contributed by atoms with Crippen LogP contribution >= 0.6 is 11.8 Å². The Morgan fingerprint density at radius 1 is 0.933 bits per heavy atom. The molecule has 3 aromatic carbocycles. The maximum Gasteiger partial charge on any atom is 0.310 e. The van der Waals surface area contributed by atoms with E-state index >= 15 is 0 Å². The number of rotatable bonds is 4. The van der Waals surface area contributed by atoms with Crippen molar-refractivity contribution >= 4 is 29.1 Å². The second-order valence-corrected chi connectivity index (χ2v) is 9.79. The summed E-state index contributed by atoms with van der Waals surface area (Å²) in [6.45, 7) is 7.89. The van der Waals surface area contributed by atoms with Gasteiger partial charge in [-0.2, -0.15) is 0 Å². The molecule has 30 heavy (non-hydrogen) atoms. The predicted molar refractivity (Wildman–Crippen MR) is 124 cm³/mol. The molecule has 1 unspecified atom stereocenters. The minimum atomic E-state index is -0.464. The van der Waals surface area contributed by atoms with Crippen LogP contribution in [0.15, 0.2) is 76.5 Å². The molecule has 1 aliphatic heterocycles.